The minimum atomic E-state index is 0.853. The third-order valence-electron chi connectivity index (χ3n) is 6.16. The van der Waals surface area contributed by atoms with Gasteiger partial charge in [-0.1, -0.05) is 84.6 Å². The highest BCUT2D eigenvalue weighted by Gasteiger charge is 2.26. The van der Waals surface area contributed by atoms with Gasteiger partial charge in [-0.15, -0.1) is 0 Å². The van der Waals surface area contributed by atoms with Crippen molar-refractivity contribution in [1.82, 2.24) is 9.13 Å². The molecule has 0 bridgehead atoms. The molecule has 0 N–H and O–H groups in total. The summed E-state index contributed by atoms with van der Waals surface area (Å²) in [6.07, 6.45) is 0. The molecular weight excluding hydrogens is 384 g/mol. The Hall–Kier alpha value is -3.43. The lowest BCUT2D eigenvalue weighted by atomic mass is 10.1. The first kappa shape index (κ1) is 16.4. The number of benzene rings is 4. The zero-order valence-corrected chi connectivity index (χ0v) is 17.1. The van der Waals surface area contributed by atoms with Crippen LogP contribution in [0.1, 0.15) is 5.56 Å². The van der Waals surface area contributed by atoms with Crippen LogP contribution in [-0.4, -0.2) is 9.13 Å². The first-order valence-corrected chi connectivity index (χ1v) is 11.1. The Morgan fingerprint density at radius 3 is 2.30 bits per heavy atom. The van der Waals surface area contributed by atoms with Crippen molar-refractivity contribution in [3.63, 3.8) is 0 Å². The molecule has 0 spiro atoms. The Bertz CT molecular complexity index is 1590. The minimum Gasteiger partial charge on any atom is -0.322 e. The molecule has 1 aliphatic rings. The first-order chi connectivity index (χ1) is 14.9. The van der Waals surface area contributed by atoms with Crippen LogP contribution < -0.4 is 0 Å². The quantitative estimate of drug-likeness (QED) is 0.296. The Balaban J connectivity index is 1.70. The van der Waals surface area contributed by atoms with E-state index in [0.29, 0.717) is 0 Å². The lowest BCUT2D eigenvalue weighted by Crippen LogP contribution is -2.07. The highest BCUT2D eigenvalue weighted by Crippen LogP contribution is 2.48. The summed E-state index contributed by atoms with van der Waals surface area (Å²) in [6.45, 7) is 0.853. The van der Waals surface area contributed by atoms with Gasteiger partial charge in [0.1, 0.15) is 5.65 Å². The van der Waals surface area contributed by atoms with E-state index < -0.39 is 0 Å². The summed E-state index contributed by atoms with van der Waals surface area (Å²) in [4.78, 5) is 2.64. The number of hydrogen-bond donors (Lipinski definition) is 0. The van der Waals surface area contributed by atoms with Gasteiger partial charge in [0.15, 0.2) is 0 Å². The van der Waals surface area contributed by atoms with Gasteiger partial charge in [-0.25, -0.2) is 0 Å². The van der Waals surface area contributed by atoms with Crippen molar-refractivity contribution in [2.24, 2.45) is 0 Å². The summed E-state index contributed by atoms with van der Waals surface area (Å²) in [5, 5.41) is 4.02. The fourth-order valence-corrected chi connectivity index (χ4v) is 6.03. The van der Waals surface area contributed by atoms with Crippen LogP contribution in [-0.2, 0) is 6.54 Å². The van der Waals surface area contributed by atoms with E-state index in [-0.39, 0.29) is 0 Å². The number of hydrogen-bond acceptors (Lipinski definition) is 1. The average Bonchev–Trinajstić information content (AvgIpc) is 3.30. The summed E-state index contributed by atoms with van der Waals surface area (Å²) < 4.78 is 4.99. The monoisotopic (exact) mass is 402 g/mol. The first-order valence-electron chi connectivity index (χ1n) is 10.3. The Morgan fingerprint density at radius 2 is 1.37 bits per heavy atom. The van der Waals surface area contributed by atoms with Gasteiger partial charge in [0.05, 0.1) is 16.7 Å². The molecule has 3 heteroatoms. The second-order valence-corrected chi connectivity index (χ2v) is 8.93. The van der Waals surface area contributed by atoms with Crippen LogP contribution in [0.25, 0.3) is 38.5 Å². The van der Waals surface area contributed by atoms with Crippen molar-refractivity contribution in [2.45, 2.75) is 16.3 Å². The standard InChI is InChI=1S/C27H18N2S/c1-2-9-18(10-3-1)17-28-21-13-5-4-11-19(21)25-20-12-8-16-24-26(20)29(27(25)28)22-14-6-7-15-23(22)30-24/h1-16H,17H2. The average molecular weight is 403 g/mol. The van der Waals surface area contributed by atoms with Crippen molar-refractivity contribution in [3.05, 3.63) is 103 Å². The molecule has 30 heavy (non-hydrogen) atoms. The van der Waals surface area contributed by atoms with E-state index >= 15 is 0 Å². The van der Waals surface area contributed by atoms with Gasteiger partial charge in [-0.05, 0) is 29.8 Å². The topological polar surface area (TPSA) is 9.86 Å². The molecule has 3 heterocycles. The van der Waals surface area contributed by atoms with Crippen LogP contribution in [0.3, 0.4) is 0 Å². The maximum Gasteiger partial charge on any atom is 0.127 e. The maximum absolute atomic E-state index is 2.50. The van der Waals surface area contributed by atoms with Crippen LogP contribution in [0, 0.1) is 0 Å². The number of para-hydroxylation sites is 3. The number of rotatable bonds is 2. The van der Waals surface area contributed by atoms with Gasteiger partial charge in [0.25, 0.3) is 0 Å². The number of fused-ring (bicyclic) bond motifs is 7. The highest BCUT2D eigenvalue weighted by molar-refractivity contribution is 7.99. The highest BCUT2D eigenvalue weighted by atomic mass is 32.2. The van der Waals surface area contributed by atoms with Gasteiger partial charge in [0, 0.05) is 32.5 Å². The van der Waals surface area contributed by atoms with E-state index in [1.165, 1.54) is 53.9 Å². The summed E-state index contributed by atoms with van der Waals surface area (Å²) in [5.41, 5.74) is 6.50. The van der Waals surface area contributed by atoms with Crippen LogP contribution in [0.15, 0.2) is 107 Å². The van der Waals surface area contributed by atoms with E-state index in [2.05, 4.69) is 106 Å². The van der Waals surface area contributed by atoms with Crippen molar-refractivity contribution in [1.29, 1.82) is 0 Å². The number of aromatic nitrogens is 2. The van der Waals surface area contributed by atoms with Crippen molar-refractivity contribution < 1.29 is 0 Å². The van der Waals surface area contributed by atoms with Crippen molar-refractivity contribution >= 4 is 44.6 Å². The normalized spacial score (nSPS) is 12.7. The molecule has 7 rings (SSSR count). The molecule has 0 unspecified atom stereocenters. The molecule has 0 aliphatic carbocycles. The number of nitrogens with zero attached hydrogens (tertiary/aromatic N) is 2. The molecule has 1 aliphatic heterocycles. The second kappa shape index (κ2) is 6.04. The van der Waals surface area contributed by atoms with E-state index in [4.69, 9.17) is 0 Å². The predicted octanol–water partition coefficient (Wildman–Crippen LogP) is 7.25. The lowest BCUT2D eigenvalue weighted by Gasteiger charge is -2.21. The summed E-state index contributed by atoms with van der Waals surface area (Å²) >= 11 is 1.88. The third-order valence-corrected chi connectivity index (χ3v) is 7.27. The van der Waals surface area contributed by atoms with Gasteiger partial charge in [0.2, 0.25) is 0 Å². The molecule has 0 atom stereocenters. The van der Waals surface area contributed by atoms with Crippen LogP contribution in [0.4, 0.5) is 0 Å². The zero-order valence-electron chi connectivity index (χ0n) is 16.2. The van der Waals surface area contributed by atoms with E-state index in [9.17, 15) is 0 Å². The molecule has 0 radical (unpaired) electrons. The van der Waals surface area contributed by atoms with Gasteiger partial charge >= 0.3 is 0 Å². The Morgan fingerprint density at radius 1 is 0.633 bits per heavy atom. The van der Waals surface area contributed by atoms with E-state index in [1.54, 1.807) is 0 Å². The summed E-state index contributed by atoms with van der Waals surface area (Å²) in [6, 6.07) is 35.1. The summed E-state index contributed by atoms with van der Waals surface area (Å²) in [7, 11) is 0. The summed E-state index contributed by atoms with van der Waals surface area (Å²) in [5.74, 6) is 0. The molecular formula is C27H18N2S. The molecule has 4 aromatic carbocycles. The molecule has 0 saturated carbocycles. The van der Waals surface area contributed by atoms with Gasteiger partial charge < -0.3 is 4.57 Å². The molecule has 6 aromatic rings. The maximum atomic E-state index is 2.50. The van der Waals surface area contributed by atoms with Crippen LogP contribution in [0.5, 0.6) is 0 Å². The fourth-order valence-electron chi connectivity index (χ4n) is 4.94. The van der Waals surface area contributed by atoms with Gasteiger partial charge in [-0.3, -0.25) is 4.57 Å². The molecule has 2 aromatic heterocycles. The minimum absolute atomic E-state index is 0.853. The molecule has 2 nitrogen and oxygen atoms in total. The van der Waals surface area contributed by atoms with Crippen LogP contribution >= 0.6 is 11.8 Å². The lowest BCUT2D eigenvalue weighted by molar-refractivity contribution is 0.841. The largest absolute Gasteiger partial charge is 0.322 e. The predicted molar refractivity (Wildman–Crippen MR) is 126 cm³/mol. The van der Waals surface area contributed by atoms with Crippen molar-refractivity contribution in [2.75, 3.05) is 0 Å². The van der Waals surface area contributed by atoms with Crippen LogP contribution in [0.2, 0.25) is 0 Å². The molecule has 0 saturated heterocycles. The SMILES string of the molecule is c1ccc(Cn2c3ccccc3c3c4cccc5c4n(c32)-c2ccccc2S5)cc1. The molecule has 0 fully saturated rings. The molecule has 142 valence electrons. The van der Waals surface area contributed by atoms with Gasteiger partial charge in [-0.2, -0.15) is 0 Å². The second-order valence-electron chi connectivity index (χ2n) is 7.85. The van der Waals surface area contributed by atoms with E-state index in [0.717, 1.165) is 6.54 Å². The third kappa shape index (κ3) is 2.10. The molecule has 0 amide bonds. The Labute approximate surface area is 178 Å². The smallest absolute Gasteiger partial charge is 0.127 e. The fraction of sp³-hybridized carbons (Fsp3) is 0.0370. The van der Waals surface area contributed by atoms with E-state index in [1.807, 2.05) is 11.8 Å². The Kier molecular flexibility index (Phi) is 3.29. The zero-order chi connectivity index (χ0) is 19.7. The van der Waals surface area contributed by atoms with Crippen molar-refractivity contribution in [3.8, 4) is 5.69 Å².